The van der Waals surface area contributed by atoms with Gasteiger partial charge in [-0.2, -0.15) is 18.2 Å². The monoisotopic (exact) mass is 365 g/mol. The second-order valence-electron chi connectivity index (χ2n) is 4.91. The molecule has 1 radical (unpaired) electrons. The van der Waals surface area contributed by atoms with Gasteiger partial charge in [-0.15, -0.1) is 71.8 Å². The van der Waals surface area contributed by atoms with E-state index in [1.165, 1.54) is 0 Å². The molecule has 0 saturated carbocycles. The average Bonchev–Trinajstić information content (AvgIpc) is 2.71. The van der Waals surface area contributed by atoms with Crippen molar-refractivity contribution >= 4 is 0 Å². The van der Waals surface area contributed by atoms with Crippen LogP contribution in [0, 0.1) is 18.2 Å². The number of nitrogens with zero attached hydrogens (tertiary/aromatic N) is 2. The third-order valence-corrected chi connectivity index (χ3v) is 3.23. The molecule has 3 heteroatoms. The molecular formula is C22H15N2Ni. The molecule has 2 aromatic carbocycles. The van der Waals surface area contributed by atoms with Gasteiger partial charge >= 0.3 is 16.5 Å². The van der Waals surface area contributed by atoms with Gasteiger partial charge in [-0.3, -0.25) is 0 Å². The third kappa shape index (κ3) is 5.67. The maximum atomic E-state index is 4.65. The van der Waals surface area contributed by atoms with Crippen LogP contribution in [0.25, 0.3) is 22.5 Å². The van der Waals surface area contributed by atoms with E-state index in [-0.39, 0.29) is 16.5 Å². The second kappa shape index (κ2) is 10.2. The van der Waals surface area contributed by atoms with Crippen molar-refractivity contribution in [2.24, 2.45) is 0 Å². The van der Waals surface area contributed by atoms with Gasteiger partial charge in [0.15, 0.2) is 0 Å². The Kier molecular flexibility index (Phi) is 7.56. The van der Waals surface area contributed by atoms with Crippen LogP contribution in [0.2, 0.25) is 0 Å². The SMILES string of the molecule is [Ni+3].[c-]1ccccc1-c1cccc(-c2[c-]cccc2)n1.[c-]1ccncc1. The van der Waals surface area contributed by atoms with Gasteiger partial charge in [0, 0.05) is 0 Å². The van der Waals surface area contributed by atoms with Gasteiger partial charge < -0.3 is 9.97 Å². The number of rotatable bonds is 2. The largest absolute Gasteiger partial charge is 3.00 e. The fourth-order valence-electron chi connectivity index (χ4n) is 2.12. The van der Waals surface area contributed by atoms with Crippen molar-refractivity contribution in [1.82, 2.24) is 9.97 Å². The molecule has 0 aliphatic heterocycles. The maximum Gasteiger partial charge on any atom is 3.00 e. The van der Waals surface area contributed by atoms with Gasteiger partial charge in [-0.05, 0) is 11.4 Å². The van der Waals surface area contributed by atoms with E-state index in [0.717, 1.165) is 22.5 Å². The fourth-order valence-corrected chi connectivity index (χ4v) is 2.12. The average molecular weight is 366 g/mol. The van der Waals surface area contributed by atoms with E-state index in [9.17, 15) is 0 Å². The van der Waals surface area contributed by atoms with Crippen molar-refractivity contribution in [2.75, 3.05) is 0 Å². The summed E-state index contributed by atoms with van der Waals surface area (Å²) in [6.45, 7) is 0. The van der Waals surface area contributed by atoms with Crippen LogP contribution in [0.15, 0.2) is 91.3 Å². The zero-order valence-corrected chi connectivity index (χ0v) is 14.4. The molecule has 4 aromatic rings. The molecule has 2 aromatic heterocycles. The van der Waals surface area contributed by atoms with Crippen LogP contribution in [0.5, 0.6) is 0 Å². The third-order valence-electron chi connectivity index (χ3n) is 3.23. The molecule has 4 rings (SSSR count). The standard InChI is InChI=1S/C17H11N.C5H4N.Ni/c1-3-8-14(9-4-1)16-12-7-13-17(18-16)15-10-5-2-6-11-15;1-2-4-6-5-3-1;/h1-8,10,12-13H;2-5H;/q-2;-1;+3. The van der Waals surface area contributed by atoms with E-state index in [4.69, 9.17) is 0 Å². The minimum absolute atomic E-state index is 0. The first-order valence-electron chi connectivity index (χ1n) is 7.61. The summed E-state index contributed by atoms with van der Waals surface area (Å²) in [5, 5.41) is 0. The summed E-state index contributed by atoms with van der Waals surface area (Å²) < 4.78 is 0. The van der Waals surface area contributed by atoms with E-state index in [1.54, 1.807) is 24.5 Å². The zero-order chi connectivity index (χ0) is 16.5. The van der Waals surface area contributed by atoms with Gasteiger partial charge in [-0.25, -0.2) is 0 Å². The van der Waals surface area contributed by atoms with Crippen LogP contribution in [0.4, 0.5) is 0 Å². The first kappa shape index (κ1) is 18.6. The number of hydrogen-bond donors (Lipinski definition) is 0. The Hall–Kier alpha value is -2.77. The van der Waals surface area contributed by atoms with Gasteiger partial charge in [0.05, 0.1) is 0 Å². The summed E-state index contributed by atoms with van der Waals surface area (Å²) in [7, 11) is 0. The molecule has 0 fully saturated rings. The molecule has 0 N–H and O–H groups in total. The van der Waals surface area contributed by atoms with Crippen LogP contribution in [-0.2, 0) is 16.5 Å². The Morgan fingerprint density at radius 2 is 1.16 bits per heavy atom. The summed E-state index contributed by atoms with van der Waals surface area (Å²) in [4.78, 5) is 8.40. The molecule has 0 saturated heterocycles. The van der Waals surface area contributed by atoms with Crippen LogP contribution < -0.4 is 0 Å². The van der Waals surface area contributed by atoms with E-state index in [1.807, 2.05) is 66.7 Å². The van der Waals surface area contributed by atoms with Gasteiger partial charge in [-0.1, -0.05) is 30.6 Å². The van der Waals surface area contributed by atoms with Crippen molar-refractivity contribution in [2.45, 2.75) is 0 Å². The Labute approximate surface area is 158 Å². The van der Waals surface area contributed by atoms with Crippen LogP contribution in [0.1, 0.15) is 0 Å². The fraction of sp³-hybridized carbons (Fsp3) is 0. The Morgan fingerprint density at radius 3 is 1.52 bits per heavy atom. The number of benzene rings is 2. The van der Waals surface area contributed by atoms with E-state index >= 15 is 0 Å². The summed E-state index contributed by atoms with van der Waals surface area (Å²) in [5.41, 5.74) is 3.89. The van der Waals surface area contributed by atoms with Gasteiger partial charge in [0.1, 0.15) is 0 Å². The molecule has 0 atom stereocenters. The quantitative estimate of drug-likeness (QED) is 0.373. The maximum absolute atomic E-state index is 4.65. The zero-order valence-electron chi connectivity index (χ0n) is 13.4. The molecule has 0 amide bonds. The minimum Gasteiger partial charge on any atom is -0.391 e. The van der Waals surface area contributed by atoms with Crippen molar-refractivity contribution < 1.29 is 16.5 Å². The van der Waals surface area contributed by atoms with E-state index in [2.05, 4.69) is 28.2 Å². The van der Waals surface area contributed by atoms with Crippen molar-refractivity contribution in [3.8, 4) is 22.5 Å². The summed E-state index contributed by atoms with van der Waals surface area (Å²) >= 11 is 0. The van der Waals surface area contributed by atoms with Crippen molar-refractivity contribution in [3.63, 3.8) is 0 Å². The molecular weight excluding hydrogens is 351 g/mol. The summed E-state index contributed by atoms with van der Waals surface area (Å²) in [6, 6.07) is 34.5. The predicted molar refractivity (Wildman–Crippen MR) is 95.9 cm³/mol. The van der Waals surface area contributed by atoms with Gasteiger partial charge in [0.25, 0.3) is 0 Å². The topological polar surface area (TPSA) is 25.8 Å². The normalized spacial score (nSPS) is 9.28. The molecule has 123 valence electrons. The molecule has 0 aliphatic carbocycles. The Morgan fingerprint density at radius 1 is 0.600 bits per heavy atom. The second-order valence-corrected chi connectivity index (χ2v) is 4.91. The molecule has 0 unspecified atom stereocenters. The summed E-state index contributed by atoms with van der Waals surface area (Å²) in [6.07, 6.45) is 3.39. The van der Waals surface area contributed by atoms with Crippen molar-refractivity contribution in [1.29, 1.82) is 0 Å². The predicted octanol–water partition coefficient (Wildman–Crippen LogP) is 4.90. The molecule has 0 aliphatic rings. The first-order valence-corrected chi connectivity index (χ1v) is 7.61. The summed E-state index contributed by atoms with van der Waals surface area (Å²) in [5.74, 6) is 0. The number of pyridine rings is 2. The van der Waals surface area contributed by atoms with Crippen LogP contribution in [-0.4, -0.2) is 9.97 Å². The smallest absolute Gasteiger partial charge is 0.391 e. The van der Waals surface area contributed by atoms with Crippen LogP contribution in [0.3, 0.4) is 0 Å². The Balaban J connectivity index is 0.000000275. The molecule has 25 heavy (non-hydrogen) atoms. The van der Waals surface area contributed by atoms with Crippen LogP contribution >= 0.6 is 0 Å². The number of hydrogen-bond acceptors (Lipinski definition) is 2. The first-order chi connectivity index (χ1) is 11.9. The molecule has 0 bridgehead atoms. The molecule has 2 nitrogen and oxygen atoms in total. The Bertz CT molecular complexity index is 769. The van der Waals surface area contributed by atoms with Crippen molar-refractivity contribution in [3.05, 3.63) is 109 Å². The number of aromatic nitrogens is 2. The minimum atomic E-state index is 0. The van der Waals surface area contributed by atoms with Gasteiger partial charge in [0.2, 0.25) is 0 Å². The molecule has 2 heterocycles. The van der Waals surface area contributed by atoms with E-state index < -0.39 is 0 Å². The molecule has 0 spiro atoms. The van der Waals surface area contributed by atoms with E-state index in [0.29, 0.717) is 0 Å².